The molecule has 1 aliphatic heterocycles. The number of carbonyl (C=O) groups is 1. The van der Waals surface area contributed by atoms with E-state index in [1.165, 1.54) is 19.3 Å². The van der Waals surface area contributed by atoms with Crippen molar-refractivity contribution in [3.8, 4) is 0 Å². The summed E-state index contributed by atoms with van der Waals surface area (Å²) in [7, 11) is 0. The fraction of sp³-hybridized carbons (Fsp3) is 0.929. The first kappa shape index (κ1) is 13.7. The molecule has 0 bridgehead atoms. The number of rotatable bonds is 2. The van der Waals surface area contributed by atoms with Gasteiger partial charge in [-0.2, -0.15) is 0 Å². The number of hydrogen-bond acceptors (Lipinski definition) is 2. The Kier molecular flexibility index (Phi) is 4.87. The first-order valence-electron chi connectivity index (χ1n) is 7.37. The van der Waals surface area contributed by atoms with Gasteiger partial charge >= 0.3 is 6.03 Å². The Bertz CT molecular complexity index is 275. The number of piperidine rings is 1. The number of aliphatic hydroxyl groups is 1. The zero-order valence-electron chi connectivity index (χ0n) is 11.4. The third-order valence-corrected chi connectivity index (χ3v) is 4.58. The molecule has 1 heterocycles. The maximum absolute atomic E-state index is 12.2. The SMILES string of the molecule is CC1CCCCC1NC(=O)N1CCC(CO)CC1. The van der Waals surface area contributed by atoms with Gasteiger partial charge in [-0.1, -0.05) is 19.8 Å². The summed E-state index contributed by atoms with van der Waals surface area (Å²) in [6.07, 6.45) is 6.77. The Hall–Kier alpha value is -0.770. The number of nitrogens with one attached hydrogen (secondary N) is 1. The van der Waals surface area contributed by atoms with Crippen LogP contribution >= 0.6 is 0 Å². The monoisotopic (exact) mass is 254 g/mol. The van der Waals surface area contributed by atoms with Crippen LogP contribution in [0.4, 0.5) is 4.79 Å². The van der Waals surface area contributed by atoms with Crippen LogP contribution in [0.5, 0.6) is 0 Å². The summed E-state index contributed by atoms with van der Waals surface area (Å²) in [5.74, 6) is 1.00. The van der Waals surface area contributed by atoms with E-state index in [0.29, 0.717) is 17.9 Å². The summed E-state index contributed by atoms with van der Waals surface area (Å²) in [4.78, 5) is 14.1. The molecule has 2 unspecified atom stereocenters. The van der Waals surface area contributed by atoms with Crippen molar-refractivity contribution in [2.45, 2.75) is 51.5 Å². The van der Waals surface area contributed by atoms with Gasteiger partial charge in [0.25, 0.3) is 0 Å². The number of urea groups is 1. The molecule has 0 spiro atoms. The van der Waals surface area contributed by atoms with Crippen molar-refractivity contribution in [3.05, 3.63) is 0 Å². The first-order chi connectivity index (χ1) is 8.70. The Morgan fingerprint density at radius 3 is 2.50 bits per heavy atom. The first-order valence-corrected chi connectivity index (χ1v) is 7.37. The van der Waals surface area contributed by atoms with Crippen LogP contribution in [0.25, 0.3) is 0 Å². The van der Waals surface area contributed by atoms with E-state index in [-0.39, 0.29) is 12.6 Å². The van der Waals surface area contributed by atoms with E-state index in [9.17, 15) is 4.79 Å². The third-order valence-electron chi connectivity index (χ3n) is 4.58. The quantitative estimate of drug-likeness (QED) is 0.791. The minimum absolute atomic E-state index is 0.102. The third kappa shape index (κ3) is 3.37. The zero-order chi connectivity index (χ0) is 13.0. The van der Waals surface area contributed by atoms with E-state index in [2.05, 4.69) is 12.2 Å². The van der Waals surface area contributed by atoms with E-state index >= 15 is 0 Å². The maximum atomic E-state index is 12.2. The number of hydrogen-bond donors (Lipinski definition) is 2. The minimum atomic E-state index is 0.102. The summed E-state index contributed by atoms with van der Waals surface area (Å²) in [5.41, 5.74) is 0. The molecule has 1 saturated heterocycles. The van der Waals surface area contributed by atoms with E-state index in [4.69, 9.17) is 5.11 Å². The van der Waals surface area contributed by atoms with Crippen molar-refractivity contribution >= 4 is 6.03 Å². The van der Waals surface area contributed by atoms with Crippen LogP contribution in [0.2, 0.25) is 0 Å². The Balaban J connectivity index is 1.77. The van der Waals surface area contributed by atoms with Crippen LogP contribution in [0, 0.1) is 11.8 Å². The molecule has 2 amide bonds. The van der Waals surface area contributed by atoms with Crippen LogP contribution in [0.1, 0.15) is 45.4 Å². The van der Waals surface area contributed by atoms with E-state index in [1.807, 2.05) is 4.90 Å². The average molecular weight is 254 g/mol. The molecule has 0 radical (unpaired) electrons. The van der Waals surface area contributed by atoms with Gasteiger partial charge in [-0.3, -0.25) is 0 Å². The van der Waals surface area contributed by atoms with Crippen LogP contribution < -0.4 is 5.32 Å². The molecule has 18 heavy (non-hydrogen) atoms. The molecular weight excluding hydrogens is 228 g/mol. The van der Waals surface area contributed by atoms with Gasteiger partial charge in [-0.25, -0.2) is 4.79 Å². The van der Waals surface area contributed by atoms with Gasteiger partial charge in [0.15, 0.2) is 0 Å². The molecule has 0 aromatic heterocycles. The predicted molar refractivity (Wildman–Crippen MR) is 71.3 cm³/mol. The second-order valence-electron chi connectivity index (χ2n) is 5.93. The number of aliphatic hydroxyl groups excluding tert-OH is 1. The molecule has 2 rings (SSSR count). The van der Waals surface area contributed by atoms with Gasteiger partial charge in [-0.15, -0.1) is 0 Å². The number of nitrogens with zero attached hydrogens (tertiary/aromatic N) is 1. The molecule has 2 aliphatic rings. The van der Waals surface area contributed by atoms with Crippen LogP contribution in [-0.4, -0.2) is 41.8 Å². The van der Waals surface area contributed by atoms with Crippen LogP contribution in [-0.2, 0) is 0 Å². The van der Waals surface area contributed by atoms with Crippen molar-refractivity contribution in [3.63, 3.8) is 0 Å². The highest BCUT2D eigenvalue weighted by atomic mass is 16.3. The second-order valence-corrected chi connectivity index (χ2v) is 5.93. The van der Waals surface area contributed by atoms with Gasteiger partial charge in [0.1, 0.15) is 0 Å². The predicted octanol–water partition coefficient (Wildman–Crippen LogP) is 1.98. The molecule has 4 nitrogen and oxygen atoms in total. The molecular formula is C14H26N2O2. The normalized spacial score (nSPS) is 30.2. The fourth-order valence-corrected chi connectivity index (χ4v) is 3.10. The summed E-state index contributed by atoms with van der Waals surface area (Å²) in [6.45, 7) is 4.08. The zero-order valence-corrected chi connectivity index (χ0v) is 11.4. The van der Waals surface area contributed by atoms with Gasteiger partial charge in [0.2, 0.25) is 0 Å². The molecule has 0 aromatic carbocycles. The van der Waals surface area contributed by atoms with Gasteiger partial charge < -0.3 is 15.3 Å². The molecule has 2 fully saturated rings. The topological polar surface area (TPSA) is 52.6 Å². The Morgan fingerprint density at radius 2 is 1.89 bits per heavy atom. The van der Waals surface area contributed by atoms with Gasteiger partial charge in [0, 0.05) is 25.7 Å². The number of likely N-dealkylation sites (tertiary alicyclic amines) is 1. The lowest BCUT2D eigenvalue weighted by atomic mass is 9.86. The van der Waals surface area contributed by atoms with Crippen molar-refractivity contribution in [1.82, 2.24) is 10.2 Å². The molecule has 1 aliphatic carbocycles. The largest absolute Gasteiger partial charge is 0.396 e. The summed E-state index contributed by atoms with van der Waals surface area (Å²) >= 11 is 0. The maximum Gasteiger partial charge on any atom is 0.317 e. The highest BCUT2D eigenvalue weighted by molar-refractivity contribution is 5.74. The highest BCUT2D eigenvalue weighted by Crippen LogP contribution is 2.24. The van der Waals surface area contributed by atoms with E-state index < -0.39 is 0 Å². The molecule has 0 aromatic rings. The lowest BCUT2D eigenvalue weighted by Gasteiger charge is -2.35. The minimum Gasteiger partial charge on any atom is -0.396 e. The lowest BCUT2D eigenvalue weighted by molar-refractivity contribution is 0.132. The fourth-order valence-electron chi connectivity index (χ4n) is 3.10. The summed E-state index contributed by atoms with van der Waals surface area (Å²) in [6, 6.07) is 0.465. The molecule has 104 valence electrons. The molecule has 1 saturated carbocycles. The van der Waals surface area contributed by atoms with Gasteiger partial charge in [0.05, 0.1) is 0 Å². The van der Waals surface area contributed by atoms with E-state index in [1.54, 1.807) is 0 Å². The van der Waals surface area contributed by atoms with Crippen molar-refractivity contribution < 1.29 is 9.90 Å². The molecule has 2 atom stereocenters. The number of carbonyl (C=O) groups excluding carboxylic acids is 1. The number of amides is 2. The standard InChI is InChI=1S/C14H26N2O2/c1-11-4-2-3-5-13(11)15-14(18)16-8-6-12(10-17)7-9-16/h11-13,17H,2-10H2,1H3,(H,15,18). The second kappa shape index (κ2) is 6.41. The van der Waals surface area contributed by atoms with Crippen molar-refractivity contribution in [2.24, 2.45) is 11.8 Å². The lowest BCUT2D eigenvalue weighted by Crippen LogP contribution is -2.50. The molecule has 2 N–H and O–H groups in total. The Labute approximate surface area is 110 Å². The van der Waals surface area contributed by atoms with Crippen LogP contribution in [0.15, 0.2) is 0 Å². The van der Waals surface area contributed by atoms with Gasteiger partial charge in [-0.05, 0) is 37.5 Å². The Morgan fingerprint density at radius 1 is 1.22 bits per heavy atom. The van der Waals surface area contributed by atoms with Crippen molar-refractivity contribution in [2.75, 3.05) is 19.7 Å². The summed E-state index contributed by atoms with van der Waals surface area (Å²) < 4.78 is 0. The van der Waals surface area contributed by atoms with Crippen molar-refractivity contribution in [1.29, 1.82) is 0 Å². The van der Waals surface area contributed by atoms with E-state index in [0.717, 1.165) is 32.4 Å². The highest BCUT2D eigenvalue weighted by Gasteiger charge is 2.27. The van der Waals surface area contributed by atoms with Crippen LogP contribution in [0.3, 0.4) is 0 Å². The molecule has 4 heteroatoms. The summed E-state index contributed by atoms with van der Waals surface area (Å²) in [5, 5.41) is 12.3. The average Bonchev–Trinajstić information content (AvgIpc) is 2.41. The smallest absolute Gasteiger partial charge is 0.317 e.